The van der Waals surface area contributed by atoms with Crippen molar-refractivity contribution in [2.45, 2.75) is 25.6 Å². The molecular weight excluding hydrogens is 282 g/mol. The van der Waals surface area contributed by atoms with E-state index in [1.54, 1.807) is 0 Å². The highest BCUT2D eigenvalue weighted by Gasteiger charge is 2.19. The van der Waals surface area contributed by atoms with Crippen molar-refractivity contribution in [2.24, 2.45) is 0 Å². The predicted octanol–water partition coefficient (Wildman–Crippen LogP) is 3.53. The Labute approximate surface area is 139 Å². The smallest absolute Gasteiger partial charge is 0.0638 e. The lowest BCUT2D eigenvalue weighted by Gasteiger charge is -2.32. The maximum absolute atomic E-state index is 9.24. The molecule has 2 aromatic carbocycles. The van der Waals surface area contributed by atoms with Gasteiger partial charge in [0, 0.05) is 25.7 Å². The van der Waals surface area contributed by atoms with Gasteiger partial charge in [-0.2, -0.15) is 5.26 Å². The molecule has 0 aliphatic rings. The minimum atomic E-state index is 0.218. The molecule has 0 spiro atoms. The Morgan fingerprint density at radius 1 is 0.870 bits per heavy atom. The standard InChI is InChI=1S/C20H25N3/c1-22(2)17-20(13-14-21)23(15-18-9-5-3-6-10-18)16-19-11-7-4-8-12-19/h3-12,20H,13,15-17H2,1-2H3/t20-/m0/s1. The number of rotatable bonds is 8. The molecule has 0 fully saturated rings. The van der Waals surface area contributed by atoms with Gasteiger partial charge in [-0.1, -0.05) is 60.7 Å². The summed E-state index contributed by atoms with van der Waals surface area (Å²) < 4.78 is 0. The van der Waals surface area contributed by atoms with E-state index < -0.39 is 0 Å². The number of likely N-dealkylation sites (N-methyl/N-ethyl adjacent to an activating group) is 1. The summed E-state index contributed by atoms with van der Waals surface area (Å²) in [5.41, 5.74) is 2.57. The molecule has 3 nitrogen and oxygen atoms in total. The van der Waals surface area contributed by atoms with Crippen LogP contribution in [0.2, 0.25) is 0 Å². The van der Waals surface area contributed by atoms with Crippen LogP contribution in [-0.4, -0.2) is 36.5 Å². The lowest BCUT2D eigenvalue weighted by atomic mass is 10.1. The molecule has 0 aliphatic heterocycles. The van der Waals surface area contributed by atoms with E-state index in [2.05, 4.69) is 78.5 Å². The van der Waals surface area contributed by atoms with Crippen LogP contribution in [0.25, 0.3) is 0 Å². The fourth-order valence-electron chi connectivity index (χ4n) is 2.79. The molecule has 1 atom stereocenters. The number of nitrogens with zero attached hydrogens (tertiary/aromatic N) is 3. The molecule has 120 valence electrons. The third-order valence-corrected chi connectivity index (χ3v) is 3.88. The van der Waals surface area contributed by atoms with Gasteiger partial charge >= 0.3 is 0 Å². The van der Waals surface area contributed by atoms with E-state index in [1.165, 1.54) is 11.1 Å². The summed E-state index contributed by atoms with van der Waals surface area (Å²) in [6.07, 6.45) is 0.540. The molecular formula is C20H25N3. The van der Waals surface area contributed by atoms with Crippen molar-refractivity contribution in [3.05, 3.63) is 71.8 Å². The lowest BCUT2D eigenvalue weighted by Crippen LogP contribution is -2.41. The molecule has 0 saturated carbocycles. The quantitative estimate of drug-likeness (QED) is 0.747. The van der Waals surface area contributed by atoms with E-state index in [-0.39, 0.29) is 6.04 Å². The first kappa shape index (κ1) is 17.2. The molecule has 0 radical (unpaired) electrons. The first-order valence-corrected chi connectivity index (χ1v) is 8.02. The second-order valence-corrected chi connectivity index (χ2v) is 6.15. The van der Waals surface area contributed by atoms with E-state index in [0.717, 1.165) is 19.6 Å². The average molecular weight is 307 g/mol. The summed E-state index contributed by atoms with van der Waals surface area (Å²) in [7, 11) is 4.13. The van der Waals surface area contributed by atoms with Gasteiger partial charge < -0.3 is 4.90 Å². The van der Waals surface area contributed by atoms with Gasteiger partial charge in [0.05, 0.1) is 12.5 Å². The highest BCUT2D eigenvalue weighted by molar-refractivity contribution is 5.17. The van der Waals surface area contributed by atoms with Crippen LogP contribution >= 0.6 is 0 Å². The number of benzene rings is 2. The van der Waals surface area contributed by atoms with E-state index in [1.807, 2.05) is 12.1 Å². The molecule has 0 N–H and O–H groups in total. The van der Waals surface area contributed by atoms with Gasteiger partial charge in [-0.3, -0.25) is 4.90 Å². The third-order valence-electron chi connectivity index (χ3n) is 3.88. The molecule has 0 unspecified atom stereocenters. The van der Waals surface area contributed by atoms with Crippen LogP contribution in [0.1, 0.15) is 17.5 Å². The topological polar surface area (TPSA) is 30.3 Å². The molecule has 2 aromatic rings. The monoisotopic (exact) mass is 307 g/mol. The van der Waals surface area contributed by atoms with Crippen LogP contribution in [0.5, 0.6) is 0 Å². The zero-order valence-corrected chi connectivity index (χ0v) is 14.0. The normalized spacial score (nSPS) is 12.3. The van der Waals surface area contributed by atoms with Crippen molar-refractivity contribution in [1.82, 2.24) is 9.80 Å². The highest BCUT2D eigenvalue weighted by atomic mass is 15.2. The third kappa shape index (κ3) is 5.86. The maximum atomic E-state index is 9.24. The van der Waals surface area contributed by atoms with Crippen molar-refractivity contribution in [3.8, 4) is 6.07 Å². The molecule has 3 heteroatoms. The first-order valence-electron chi connectivity index (χ1n) is 8.02. The van der Waals surface area contributed by atoms with Gasteiger partial charge in [0.2, 0.25) is 0 Å². The Morgan fingerprint density at radius 3 is 1.74 bits per heavy atom. The number of nitriles is 1. The zero-order chi connectivity index (χ0) is 16.5. The summed E-state index contributed by atoms with van der Waals surface area (Å²) in [6, 6.07) is 23.5. The highest BCUT2D eigenvalue weighted by Crippen LogP contribution is 2.16. The Morgan fingerprint density at radius 2 is 1.35 bits per heavy atom. The van der Waals surface area contributed by atoms with Crippen LogP contribution in [-0.2, 0) is 13.1 Å². The van der Waals surface area contributed by atoms with Crippen molar-refractivity contribution in [2.75, 3.05) is 20.6 Å². The Kier molecular flexibility index (Phi) is 6.80. The molecule has 2 rings (SSSR count). The van der Waals surface area contributed by atoms with E-state index in [0.29, 0.717) is 6.42 Å². The van der Waals surface area contributed by atoms with E-state index >= 15 is 0 Å². The maximum Gasteiger partial charge on any atom is 0.0638 e. The molecule has 23 heavy (non-hydrogen) atoms. The Hall–Kier alpha value is -2.15. The minimum Gasteiger partial charge on any atom is -0.308 e. The van der Waals surface area contributed by atoms with E-state index in [9.17, 15) is 5.26 Å². The van der Waals surface area contributed by atoms with Crippen molar-refractivity contribution >= 4 is 0 Å². The largest absolute Gasteiger partial charge is 0.308 e. The van der Waals surface area contributed by atoms with Crippen LogP contribution in [0.15, 0.2) is 60.7 Å². The number of hydrogen-bond acceptors (Lipinski definition) is 3. The predicted molar refractivity (Wildman–Crippen MR) is 94.7 cm³/mol. The second kappa shape index (κ2) is 9.09. The average Bonchev–Trinajstić information content (AvgIpc) is 2.55. The van der Waals surface area contributed by atoms with Crippen molar-refractivity contribution in [1.29, 1.82) is 5.26 Å². The van der Waals surface area contributed by atoms with Crippen LogP contribution in [0.4, 0.5) is 0 Å². The Balaban J connectivity index is 2.19. The first-order chi connectivity index (χ1) is 11.2. The summed E-state index contributed by atoms with van der Waals surface area (Å²) in [5, 5.41) is 9.24. The second-order valence-electron chi connectivity index (χ2n) is 6.15. The SMILES string of the molecule is CN(C)C[C@H](CC#N)N(Cc1ccccc1)Cc1ccccc1. The zero-order valence-electron chi connectivity index (χ0n) is 14.0. The van der Waals surface area contributed by atoms with Crippen LogP contribution in [0, 0.1) is 11.3 Å². The summed E-state index contributed by atoms with van der Waals surface area (Å²) >= 11 is 0. The number of hydrogen-bond donors (Lipinski definition) is 0. The fourth-order valence-corrected chi connectivity index (χ4v) is 2.79. The van der Waals surface area contributed by atoms with Crippen LogP contribution in [0.3, 0.4) is 0 Å². The fraction of sp³-hybridized carbons (Fsp3) is 0.350. The van der Waals surface area contributed by atoms with Gasteiger partial charge in [0.15, 0.2) is 0 Å². The molecule has 0 aromatic heterocycles. The van der Waals surface area contributed by atoms with Gasteiger partial charge in [-0.15, -0.1) is 0 Å². The van der Waals surface area contributed by atoms with E-state index in [4.69, 9.17) is 0 Å². The molecule has 0 heterocycles. The van der Waals surface area contributed by atoms with Crippen molar-refractivity contribution in [3.63, 3.8) is 0 Å². The Bertz CT molecular complexity index is 560. The van der Waals surface area contributed by atoms with Gasteiger partial charge in [0.25, 0.3) is 0 Å². The molecule has 0 saturated heterocycles. The van der Waals surface area contributed by atoms with Crippen LogP contribution < -0.4 is 0 Å². The molecule has 0 amide bonds. The summed E-state index contributed by atoms with van der Waals surface area (Å²) in [6.45, 7) is 2.60. The molecule has 0 aliphatic carbocycles. The summed E-state index contributed by atoms with van der Waals surface area (Å²) in [4.78, 5) is 4.57. The molecule has 0 bridgehead atoms. The van der Waals surface area contributed by atoms with Gasteiger partial charge in [-0.05, 0) is 25.2 Å². The minimum absolute atomic E-state index is 0.218. The van der Waals surface area contributed by atoms with Gasteiger partial charge in [0.1, 0.15) is 0 Å². The van der Waals surface area contributed by atoms with Gasteiger partial charge in [-0.25, -0.2) is 0 Å². The van der Waals surface area contributed by atoms with Crippen molar-refractivity contribution < 1.29 is 0 Å². The summed E-state index contributed by atoms with van der Waals surface area (Å²) in [5.74, 6) is 0. The lowest BCUT2D eigenvalue weighted by molar-refractivity contribution is 0.148.